The Morgan fingerprint density at radius 2 is 2.00 bits per heavy atom. The normalized spacial score (nSPS) is 24.7. The first-order valence-corrected chi connectivity index (χ1v) is 5.38. The van der Waals surface area contributed by atoms with Crippen LogP contribution in [-0.4, -0.2) is 42.4 Å². The minimum absolute atomic E-state index is 0.0735. The van der Waals surface area contributed by atoms with Crippen LogP contribution in [0.25, 0.3) is 0 Å². The summed E-state index contributed by atoms with van der Waals surface area (Å²) in [5.74, 6) is 0.648. The van der Waals surface area contributed by atoms with Crippen LogP contribution in [0.15, 0.2) is 6.07 Å². The summed E-state index contributed by atoms with van der Waals surface area (Å²) in [6.45, 7) is 5.17. The van der Waals surface area contributed by atoms with Crippen molar-refractivity contribution in [1.82, 2.24) is 9.97 Å². The number of ether oxygens (including phenoxy) is 2. The molecule has 1 aromatic rings. The molecule has 0 bridgehead atoms. The number of nitrogens with zero attached hydrogens (tertiary/aromatic N) is 2. The van der Waals surface area contributed by atoms with Crippen LogP contribution in [0.1, 0.15) is 11.4 Å². The van der Waals surface area contributed by atoms with Crippen molar-refractivity contribution in [3.63, 3.8) is 0 Å². The number of anilines is 1. The molecule has 1 N–H and O–H groups in total. The molecule has 16 heavy (non-hydrogen) atoms. The van der Waals surface area contributed by atoms with Gasteiger partial charge in [-0.05, 0) is 19.9 Å². The molecule has 0 radical (unpaired) electrons. The zero-order chi connectivity index (χ0) is 11.5. The first kappa shape index (κ1) is 11.3. The van der Waals surface area contributed by atoms with E-state index >= 15 is 0 Å². The van der Waals surface area contributed by atoms with Crippen LogP contribution in [0.5, 0.6) is 0 Å². The Labute approximate surface area is 95.2 Å². The average molecular weight is 223 g/mol. The van der Waals surface area contributed by atoms with Gasteiger partial charge in [-0.1, -0.05) is 0 Å². The van der Waals surface area contributed by atoms with Gasteiger partial charge in [-0.3, -0.25) is 0 Å². The molecular weight excluding hydrogens is 206 g/mol. The van der Waals surface area contributed by atoms with Crippen LogP contribution >= 0.6 is 0 Å². The lowest BCUT2D eigenvalue weighted by molar-refractivity contribution is 0.0794. The van der Waals surface area contributed by atoms with Gasteiger partial charge >= 0.3 is 0 Å². The highest BCUT2D eigenvalue weighted by Crippen LogP contribution is 2.14. The molecule has 1 fully saturated rings. The fraction of sp³-hybridized carbons (Fsp3) is 0.636. The molecule has 0 unspecified atom stereocenters. The number of aromatic nitrogens is 2. The Bertz CT molecular complexity index is 350. The van der Waals surface area contributed by atoms with Gasteiger partial charge in [0, 0.05) is 18.5 Å². The first-order valence-electron chi connectivity index (χ1n) is 5.38. The van der Waals surface area contributed by atoms with Crippen LogP contribution < -0.4 is 5.32 Å². The molecule has 0 amide bonds. The Morgan fingerprint density at radius 3 is 2.62 bits per heavy atom. The highest BCUT2D eigenvalue weighted by atomic mass is 16.5. The maximum Gasteiger partial charge on any atom is 0.223 e. The number of hydrogen-bond acceptors (Lipinski definition) is 5. The number of hydrogen-bond donors (Lipinski definition) is 1. The van der Waals surface area contributed by atoms with Gasteiger partial charge in [-0.25, -0.2) is 9.97 Å². The second-order valence-electron chi connectivity index (χ2n) is 4.04. The lowest BCUT2D eigenvalue weighted by Gasteiger charge is -2.17. The summed E-state index contributed by atoms with van der Waals surface area (Å²) in [4.78, 5) is 8.67. The number of rotatable bonds is 3. The molecule has 2 rings (SSSR count). The zero-order valence-electron chi connectivity index (χ0n) is 9.86. The van der Waals surface area contributed by atoms with E-state index in [1.165, 1.54) is 0 Å². The summed E-state index contributed by atoms with van der Waals surface area (Å²) in [6, 6.07) is 2.08. The monoisotopic (exact) mass is 223 g/mol. The van der Waals surface area contributed by atoms with E-state index in [1.54, 1.807) is 7.11 Å². The molecule has 1 aromatic heterocycles. The van der Waals surface area contributed by atoms with Gasteiger partial charge < -0.3 is 14.8 Å². The van der Waals surface area contributed by atoms with Crippen LogP contribution in [0.3, 0.4) is 0 Å². The molecule has 2 atom stereocenters. The Morgan fingerprint density at radius 1 is 1.31 bits per heavy atom. The van der Waals surface area contributed by atoms with Crippen molar-refractivity contribution in [3.05, 3.63) is 17.5 Å². The van der Waals surface area contributed by atoms with Gasteiger partial charge in [0.15, 0.2) is 0 Å². The van der Waals surface area contributed by atoms with Crippen LogP contribution in [0.4, 0.5) is 5.95 Å². The fourth-order valence-electron chi connectivity index (χ4n) is 1.86. The van der Waals surface area contributed by atoms with Crippen LogP contribution in [-0.2, 0) is 9.47 Å². The third-order valence-electron chi connectivity index (χ3n) is 2.63. The summed E-state index contributed by atoms with van der Waals surface area (Å²) in [7, 11) is 1.69. The van der Waals surface area contributed by atoms with Gasteiger partial charge in [0.1, 0.15) is 6.10 Å². The van der Waals surface area contributed by atoms with Crippen molar-refractivity contribution in [2.24, 2.45) is 0 Å². The third kappa shape index (κ3) is 2.48. The molecule has 1 aliphatic heterocycles. The molecule has 2 heterocycles. The average Bonchev–Trinajstić information content (AvgIpc) is 2.63. The minimum Gasteiger partial charge on any atom is -0.377 e. The van der Waals surface area contributed by atoms with Gasteiger partial charge in [0.05, 0.1) is 19.3 Å². The number of aryl methyl sites for hydroxylation is 2. The predicted octanol–water partition coefficient (Wildman–Crippen LogP) is 0.919. The Balaban J connectivity index is 2.08. The van der Waals surface area contributed by atoms with E-state index in [0.717, 1.165) is 11.4 Å². The summed E-state index contributed by atoms with van der Waals surface area (Å²) < 4.78 is 10.7. The molecule has 5 nitrogen and oxygen atoms in total. The molecule has 1 saturated heterocycles. The molecule has 88 valence electrons. The summed E-state index contributed by atoms with van der Waals surface area (Å²) in [6.07, 6.45) is 0.0735. The second kappa shape index (κ2) is 4.76. The van der Waals surface area contributed by atoms with Crippen molar-refractivity contribution in [1.29, 1.82) is 0 Å². The SMILES string of the molecule is CO[C@@H]1COC[C@@H]1Nc1nc(C)cc(C)n1. The number of methoxy groups -OCH3 is 1. The molecule has 0 aromatic carbocycles. The highest BCUT2D eigenvalue weighted by molar-refractivity contribution is 5.30. The lowest BCUT2D eigenvalue weighted by atomic mass is 10.2. The van der Waals surface area contributed by atoms with Crippen LogP contribution in [0.2, 0.25) is 0 Å². The maximum absolute atomic E-state index is 5.35. The predicted molar refractivity (Wildman–Crippen MR) is 60.5 cm³/mol. The van der Waals surface area contributed by atoms with E-state index in [0.29, 0.717) is 19.2 Å². The van der Waals surface area contributed by atoms with E-state index in [9.17, 15) is 0 Å². The van der Waals surface area contributed by atoms with E-state index < -0.39 is 0 Å². The van der Waals surface area contributed by atoms with Crippen LogP contribution in [0, 0.1) is 13.8 Å². The van der Waals surface area contributed by atoms with Gasteiger partial charge in [-0.2, -0.15) is 0 Å². The molecule has 0 spiro atoms. The Kier molecular flexibility index (Phi) is 3.36. The van der Waals surface area contributed by atoms with Crippen molar-refractivity contribution < 1.29 is 9.47 Å². The first-order chi connectivity index (χ1) is 7.69. The molecular formula is C11H17N3O2. The standard InChI is InChI=1S/C11H17N3O2/c1-7-4-8(2)13-11(12-7)14-9-5-16-6-10(9)15-3/h4,9-10H,5-6H2,1-3H3,(H,12,13,14)/t9-,10+/m0/s1. The number of nitrogens with one attached hydrogen (secondary N) is 1. The Hall–Kier alpha value is -1.20. The molecule has 1 aliphatic rings. The lowest BCUT2D eigenvalue weighted by Crippen LogP contribution is -2.34. The summed E-state index contributed by atoms with van der Waals surface area (Å²) in [5, 5.41) is 3.25. The smallest absolute Gasteiger partial charge is 0.223 e. The van der Waals surface area contributed by atoms with Crippen molar-refractivity contribution in [2.45, 2.75) is 26.0 Å². The zero-order valence-corrected chi connectivity index (χ0v) is 9.86. The largest absolute Gasteiger partial charge is 0.377 e. The van der Waals surface area contributed by atoms with Crippen molar-refractivity contribution >= 4 is 5.95 Å². The van der Waals surface area contributed by atoms with Gasteiger partial charge in [0.25, 0.3) is 0 Å². The van der Waals surface area contributed by atoms with E-state index in [4.69, 9.17) is 9.47 Å². The summed E-state index contributed by atoms with van der Waals surface area (Å²) in [5.41, 5.74) is 1.92. The molecule has 0 saturated carbocycles. The fourth-order valence-corrected chi connectivity index (χ4v) is 1.86. The quantitative estimate of drug-likeness (QED) is 0.825. The van der Waals surface area contributed by atoms with Crippen molar-refractivity contribution in [2.75, 3.05) is 25.6 Å². The third-order valence-corrected chi connectivity index (χ3v) is 2.63. The minimum atomic E-state index is 0.0735. The maximum atomic E-state index is 5.35. The van der Waals surface area contributed by atoms with Gasteiger partial charge in [0.2, 0.25) is 5.95 Å². The van der Waals surface area contributed by atoms with E-state index in [2.05, 4.69) is 15.3 Å². The highest BCUT2D eigenvalue weighted by Gasteiger charge is 2.28. The van der Waals surface area contributed by atoms with E-state index in [-0.39, 0.29) is 12.1 Å². The van der Waals surface area contributed by atoms with Crippen molar-refractivity contribution in [3.8, 4) is 0 Å². The second-order valence-corrected chi connectivity index (χ2v) is 4.04. The van der Waals surface area contributed by atoms with E-state index in [1.807, 2.05) is 19.9 Å². The molecule has 5 heteroatoms. The van der Waals surface area contributed by atoms with Gasteiger partial charge in [-0.15, -0.1) is 0 Å². The molecule has 0 aliphatic carbocycles. The summed E-state index contributed by atoms with van der Waals surface area (Å²) >= 11 is 0. The topological polar surface area (TPSA) is 56.3 Å².